The molecule has 0 unspecified atom stereocenters. The van der Waals surface area contributed by atoms with Crippen molar-refractivity contribution in [3.05, 3.63) is 52.2 Å². The van der Waals surface area contributed by atoms with Gasteiger partial charge in [0.15, 0.2) is 6.61 Å². The molecule has 0 saturated heterocycles. The first-order valence-electron chi connectivity index (χ1n) is 5.97. The minimum absolute atomic E-state index is 0.192. The van der Waals surface area contributed by atoms with E-state index in [1.54, 1.807) is 35.6 Å². The molecular formula is C14H14N2O3S. The van der Waals surface area contributed by atoms with Crippen LogP contribution in [-0.4, -0.2) is 18.4 Å². The van der Waals surface area contributed by atoms with Crippen molar-refractivity contribution in [2.45, 2.75) is 6.54 Å². The largest absolute Gasteiger partial charge is 0.484 e. The van der Waals surface area contributed by atoms with Gasteiger partial charge in [0.1, 0.15) is 5.75 Å². The number of rotatable bonds is 6. The van der Waals surface area contributed by atoms with Gasteiger partial charge in [0, 0.05) is 10.4 Å². The van der Waals surface area contributed by atoms with Gasteiger partial charge in [0.05, 0.1) is 6.54 Å². The summed E-state index contributed by atoms with van der Waals surface area (Å²) in [5, 5.41) is 4.78. The van der Waals surface area contributed by atoms with Crippen molar-refractivity contribution < 1.29 is 14.3 Å². The summed E-state index contributed by atoms with van der Waals surface area (Å²) in [6, 6.07) is 10.5. The third-order valence-corrected chi connectivity index (χ3v) is 3.36. The second-order valence-corrected chi connectivity index (χ2v) is 5.08. The van der Waals surface area contributed by atoms with Crippen LogP contribution in [0.3, 0.4) is 0 Å². The van der Waals surface area contributed by atoms with Crippen LogP contribution in [0.25, 0.3) is 0 Å². The lowest BCUT2D eigenvalue weighted by atomic mass is 10.2. The van der Waals surface area contributed by atoms with Crippen LogP contribution in [0, 0.1) is 0 Å². The van der Waals surface area contributed by atoms with Crippen molar-refractivity contribution >= 4 is 23.2 Å². The Labute approximate surface area is 120 Å². The number of hydrogen-bond acceptors (Lipinski definition) is 4. The summed E-state index contributed by atoms with van der Waals surface area (Å²) in [4.78, 5) is 23.7. The van der Waals surface area contributed by atoms with Gasteiger partial charge in [0.25, 0.3) is 11.8 Å². The molecule has 0 aliphatic heterocycles. The fourth-order valence-electron chi connectivity index (χ4n) is 1.56. The molecule has 1 aromatic heterocycles. The van der Waals surface area contributed by atoms with Crippen LogP contribution in [0.15, 0.2) is 41.8 Å². The van der Waals surface area contributed by atoms with E-state index in [1.807, 2.05) is 17.5 Å². The monoisotopic (exact) mass is 290 g/mol. The van der Waals surface area contributed by atoms with E-state index in [-0.39, 0.29) is 12.5 Å². The summed E-state index contributed by atoms with van der Waals surface area (Å²) >= 11 is 1.58. The topological polar surface area (TPSA) is 81.4 Å². The summed E-state index contributed by atoms with van der Waals surface area (Å²) in [7, 11) is 0. The molecule has 0 fully saturated rings. The first kappa shape index (κ1) is 14.1. The molecule has 0 spiro atoms. The smallest absolute Gasteiger partial charge is 0.255 e. The van der Waals surface area contributed by atoms with Gasteiger partial charge >= 0.3 is 0 Å². The fraction of sp³-hybridized carbons (Fsp3) is 0.143. The zero-order chi connectivity index (χ0) is 14.4. The maximum Gasteiger partial charge on any atom is 0.255 e. The molecule has 1 aromatic carbocycles. The minimum atomic E-state index is -0.558. The predicted octanol–water partition coefficient (Wildman–Crippen LogP) is 1.54. The highest BCUT2D eigenvalue weighted by atomic mass is 32.1. The highest BCUT2D eigenvalue weighted by Crippen LogP contribution is 2.14. The number of thiophene rings is 1. The molecule has 0 atom stereocenters. The van der Waals surface area contributed by atoms with Gasteiger partial charge in [-0.05, 0) is 29.6 Å². The van der Waals surface area contributed by atoms with Crippen LogP contribution in [0.2, 0.25) is 0 Å². The summed E-state index contributed by atoms with van der Waals surface area (Å²) in [6.45, 7) is 0.281. The number of hydrogen-bond donors (Lipinski definition) is 2. The zero-order valence-electron chi connectivity index (χ0n) is 10.7. The molecule has 1 heterocycles. The van der Waals surface area contributed by atoms with Gasteiger partial charge in [-0.1, -0.05) is 12.1 Å². The quantitative estimate of drug-likeness (QED) is 0.846. The fourth-order valence-corrected chi connectivity index (χ4v) is 2.21. The second-order valence-electron chi connectivity index (χ2n) is 4.04. The van der Waals surface area contributed by atoms with E-state index in [1.165, 1.54) is 0 Å². The molecule has 2 rings (SSSR count). The van der Waals surface area contributed by atoms with Crippen LogP contribution in [-0.2, 0) is 11.3 Å². The van der Waals surface area contributed by atoms with Gasteiger partial charge in [-0.15, -0.1) is 11.3 Å². The van der Waals surface area contributed by atoms with Crippen LogP contribution in [0.5, 0.6) is 5.75 Å². The Kier molecular flexibility index (Phi) is 4.73. The van der Waals surface area contributed by atoms with Crippen molar-refractivity contribution in [3.63, 3.8) is 0 Å². The maximum absolute atomic E-state index is 12.0. The molecule has 3 N–H and O–H groups in total. The Balaban J connectivity index is 1.95. The lowest BCUT2D eigenvalue weighted by molar-refractivity contribution is -0.119. The van der Waals surface area contributed by atoms with E-state index in [0.717, 1.165) is 4.88 Å². The molecule has 0 bridgehead atoms. The van der Waals surface area contributed by atoms with Crippen molar-refractivity contribution in [2.24, 2.45) is 5.73 Å². The molecule has 0 aliphatic rings. The Hall–Kier alpha value is -2.34. The Morgan fingerprint density at radius 2 is 2.10 bits per heavy atom. The van der Waals surface area contributed by atoms with Crippen molar-refractivity contribution in [3.8, 4) is 5.75 Å². The number of carbonyl (C=O) groups excluding carboxylic acids is 2. The first-order chi connectivity index (χ1) is 9.65. The summed E-state index contributed by atoms with van der Waals surface area (Å²) in [5.74, 6) is -0.312. The summed E-state index contributed by atoms with van der Waals surface area (Å²) in [5.41, 5.74) is 5.47. The van der Waals surface area contributed by atoms with Crippen LogP contribution < -0.4 is 15.8 Å². The highest BCUT2D eigenvalue weighted by molar-refractivity contribution is 7.09. The van der Waals surface area contributed by atoms with E-state index in [9.17, 15) is 9.59 Å². The van der Waals surface area contributed by atoms with Crippen molar-refractivity contribution in [2.75, 3.05) is 6.61 Å². The van der Waals surface area contributed by atoms with E-state index < -0.39 is 5.91 Å². The third kappa shape index (κ3) is 4.10. The van der Waals surface area contributed by atoms with Crippen molar-refractivity contribution in [1.82, 2.24) is 5.32 Å². The third-order valence-electron chi connectivity index (χ3n) is 2.48. The Bertz CT molecular complexity index is 596. The summed E-state index contributed by atoms with van der Waals surface area (Å²) < 4.78 is 5.16. The molecule has 20 heavy (non-hydrogen) atoms. The summed E-state index contributed by atoms with van der Waals surface area (Å²) in [6.07, 6.45) is 0. The molecule has 104 valence electrons. The molecule has 0 radical (unpaired) electrons. The average Bonchev–Trinajstić information content (AvgIpc) is 2.96. The lowest BCUT2D eigenvalue weighted by Gasteiger charge is -2.07. The second kappa shape index (κ2) is 6.72. The van der Waals surface area contributed by atoms with E-state index >= 15 is 0 Å². The van der Waals surface area contributed by atoms with Gasteiger partial charge in [-0.3, -0.25) is 9.59 Å². The predicted molar refractivity (Wildman–Crippen MR) is 76.6 cm³/mol. The number of nitrogens with one attached hydrogen (secondary N) is 1. The Morgan fingerprint density at radius 1 is 1.25 bits per heavy atom. The van der Waals surface area contributed by atoms with Gasteiger partial charge in [-0.2, -0.15) is 0 Å². The first-order valence-corrected chi connectivity index (χ1v) is 6.85. The molecule has 6 heteroatoms. The molecular weight excluding hydrogens is 276 g/mol. The number of ether oxygens (including phenoxy) is 1. The molecule has 2 aromatic rings. The minimum Gasteiger partial charge on any atom is -0.484 e. The standard InChI is InChI=1S/C14H14N2O3S/c15-13(17)9-19-11-4-1-3-10(7-11)14(18)16-8-12-5-2-6-20-12/h1-7H,8-9H2,(H2,15,17)(H,16,18). The van der Waals surface area contributed by atoms with Crippen LogP contribution in [0.1, 0.15) is 15.2 Å². The number of carbonyl (C=O) groups is 2. The van der Waals surface area contributed by atoms with Gasteiger partial charge in [-0.25, -0.2) is 0 Å². The van der Waals surface area contributed by atoms with Crippen molar-refractivity contribution in [1.29, 1.82) is 0 Å². The number of nitrogens with two attached hydrogens (primary N) is 1. The van der Waals surface area contributed by atoms with Crippen LogP contribution >= 0.6 is 11.3 Å². The average molecular weight is 290 g/mol. The van der Waals surface area contributed by atoms with E-state index in [0.29, 0.717) is 17.9 Å². The van der Waals surface area contributed by atoms with E-state index in [2.05, 4.69) is 5.32 Å². The number of benzene rings is 1. The van der Waals surface area contributed by atoms with Crippen LogP contribution in [0.4, 0.5) is 0 Å². The molecule has 0 aliphatic carbocycles. The highest BCUT2D eigenvalue weighted by Gasteiger charge is 2.07. The lowest BCUT2D eigenvalue weighted by Crippen LogP contribution is -2.22. The number of amides is 2. The van der Waals surface area contributed by atoms with Gasteiger partial charge in [0.2, 0.25) is 0 Å². The normalized spacial score (nSPS) is 10.0. The van der Waals surface area contributed by atoms with E-state index in [4.69, 9.17) is 10.5 Å². The number of primary amides is 1. The van der Waals surface area contributed by atoms with Gasteiger partial charge < -0.3 is 15.8 Å². The molecule has 2 amide bonds. The Morgan fingerprint density at radius 3 is 2.80 bits per heavy atom. The zero-order valence-corrected chi connectivity index (χ0v) is 11.5. The maximum atomic E-state index is 12.0. The molecule has 0 saturated carbocycles. The SMILES string of the molecule is NC(=O)COc1cccc(C(=O)NCc2cccs2)c1. The molecule has 5 nitrogen and oxygen atoms in total.